The summed E-state index contributed by atoms with van der Waals surface area (Å²) in [6, 6.07) is 0. The van der Waals surface area contributed by atoms with Crippen molar-refractivity contribution in [2.75, 3.05) is 26.4 Å². The first-order chi connectivity index (χ1) is 27.7. The Morgan fingerprint density at radius 3 is 1.39 bits per heavy atom. The molecule has 0 aliphatic carbocycles. The summed E-state index contributed by atoms with van der Waals surface area (Å²) in [5.74, 6) is -0.923. The SMILES string of the molecule is CCCCC/C=C\C/C=C\CCCCCCCCCC(=O)OC(COC(=O)CCCCCCCCCCCCCCCCCCC)COP(=O)(O)OCC(O)CO. The van der Waals surface area contributed by atoms with Gasteiger partial charge in [-0.3, -0.25) is 18.6 Å². The number of hydrogen-bond donors (Lipinski definition) is 3. The number of unbranched alkanes of at least 4 members (excludes halogenated alkanes) is 26. The highest BCUT2D eigenvalue weighted by atomic mass is 31.2. The fourth-order valence-electron chi connectivity index (χ4n) is 6.50. The molecule has 10 nitrogen and oxygen atoms in total. The minimum Gasteiger partial charge on any atom is -0.462 e. The molecule has 0 amide bonds. The van der Waals surface area contributed by atoms with Gasteiger partial charge in [-0.15, -0.1) is 0 Å². The van der Waals surface area contributed by atoms with E-state index in [9.17, 15) is 24.2 Å². The number of rotatable bonds is 44. The number of esters is 2. The lowest BCUT2D eigenvalue weighted by Crippen LogP contribution is -2.29. The minimum atomic E-state index is -4.62. The number of hydrogen-bond acceptors (Lipinski definition) is 9. The summed E-state index contributed by atoms with van der Waals surface area (Å²) in [4.78, 5) is 35.1. The third-order valence-corrected chi connectivity index (χ3v) is 11.1. The van der Waals surface area contributed by atoms with Crippen molar-refractivity contribution in [3.8, 4) is 0 Å². The van der Waals surface area contributed by atoms with Crippen molar-refractivity contribution in [3.05, 3.63) is 24.3 Å². The number of ether oxygens (including phenoxy) is 2. The highest BCUT2D eigenvalue weighted by molar-refractivity contribution is 7.47. The van der Waals surface area contributed by atoms with Gasteiger partial charge in [0.2, 0.25) is 0 Å². The van der Waals surface area contributed by atoms with E-state index in [1.54, 1.807) is 0 Å². The van der Waals surface area contributed by atoms with E-state index in [0.717, 1.165) is 51.4 Å². The summed E-state index contributed by atoms with van der Waals surface area (Å²) < 4.78 is 32.8. The van der Waals surface area contributed by atoms with Crippen molar-refractivity contribution < 1.29 is 47.8 Å². The van der Waals surface area contributed by atoms with E-state index in [4.69, 9.17) is 23.6 Å². The summed E-state index contributed by atoms with van der Waals surface area (Å²) in [5.41, 5.74) is 0. The van der Waals surface area contributed by atoms with Gasteiger partial charge in [-0.2, -0.15) is 0 Å². The summed E-state index contributed by atoms with van der Waals surface area (Å²) in [6.45, 7) is 2.38. The fourth-order valence-corrected chi connectivity index (χ4v) is 7.28. The first-order valence-corrected chi connectivity index (χ1v) is 24.8. The maximum atomic E-state index is 12.6. The lowest BCUT2D eigenvalue weighted by Gasteiger charge is -2.20. The number of allylic oxidation sites excluding steroid dienone is 4. The van der Waals surface area contributed by atoms with Crippen molar-refractivity contribution in [2.24, 2.45) is 0 Å². The van der Waals surface area contributed by atoms with Crippen LogP contribution in [-0.4, -0.2) is 65.7 Å². The van der Waals surface area contributed by atoms with Gasteiger partial charge in [-0.1, -0.05) is 186 Å². The summed E-state index contributed by atoms with van der Waals surface area (Å²) in [5, 5.41) is 18.4. The molecule has 0 spiro atoms. The maximum absolute atomic E-state index is 12.6. The summed E-state index contributed by atoms with van der Waals surface area (Å²) in [6.07, 6.45) is 42.8. The average molecular weight is 831 g/mol. The number of phosphoric acid groups is 1. The molecule has 3 N–H and O–H groups in total. The molecular formula is C46H87O10P. The van der Waals surface area contributed by atoms with Crippen LogP contribution in [0.2, 0.25) is 0 Å². The Balaban J connectivity index is 4.24. The van der Waals surface area contributed by atoms with Crippen LogP contribution in [0.5, 0.6) is 0 Å². The second-order valence-corrected chi connectivity index (χ2v) is 17.2. The molecule has 0 rings (SSSR count). The maximum Gasteiger partial charge on any atom is 0.472 e. The van der Waals surface area contributed by atoms with Crippen molar-refractivity contribution in [1.82, 2.24) is 0 Å². The standard InChI is InChI=1S/C46H87O10P/c1-3-5-7-9-11-13-15-17-19-21-23-25-27-29-31-33-35-37-45(49)53-41-44(42-55-57(51,52)54-40-43(48)39-47)56-46(50)38-36-34-32-30-28-26-24-22-20-18-16-14-12-10-8-6-4-2/h12,14,18,20,43-44,47-48H,3-11,13,15-17,19,21-42H2,1-2H3,(H,51,52)/b14-12-,20-18-. The topological polar surface area (TPSA) is 149 Å². The third kappa shape index (κ3) is 42.4. The molecule has 0 aromatic rings. The molecule has 3 atom stereocenters. The first-order valence-electron chi connectivity index (χ1n) is 23.3. The van der Waals surface area contributed by atoms with Gasteiger partial charge in [0.25, 0.3) is 0 Å². The molecular weight excluding hydrogens is 743 g/mol. The number of aliphatic hydroxyl groups excluding tert-OH is 2. The van der Waals surface area contributed by atoms with Gasteiger partial charge in [0, 0.05) is 12.8 Å². The van der Waals surface area contributed by atoms with Gasteiger partial charge in [0.15, 0.2) is 6.10 Å². The van der Waals surface area contributed by atoms with E-state index in [1.165, 1.54) is 128 Å². The lowest BCUT2D eigenvalue weighted by atomic mass is 10.0. The number of carbonyl (C=O) groups excluding carboxylic acids is 2. The Hall–Kier alpha value is -1.55. The van der Waals surface area contributed by atoms with Crippen molar-refractivity contribution in [2.45, 2.75) is 232 Å². The van der Waals surface area contributed by atoms with Crippen molar-refractivity contribution in [3.63, 3.8) is 0 Å². The van der Waals surface area contributed by atoms with Crippen LogP contribution in [0.25, 0.3) is 0 Å². The Morgan fingerprint density at radius 2 is 0.912 bits per heavy atom. The first kappa shape index (κ1) is 55.5. The van der Waals surface area contributed by atoms with E-state index >= 15 is 0 Å². The molecule has 0 aliphatic rings. The fraction of sp³-hybridized carbons (Fsp3) is 0.870. The van der Waals surface area contributed by atoms with Crippen LogP contribution >= 0.6 is 7.82 Å². The zero-order valence-electron chi connectivity index (χ0n) is 36.6. The molecule has 0 aromatic heterocycles. The van der Waals surface area contributed by atoms with Crippen LogP contribution < -0.4 is 0 Å². The van der Waals surface area contributed by atoms with Crippen molar-refractivity contribution in [1.29, 1.82) is 0 Å². The number of aliphatic hydroxyl groups is 2. The molecule has 0 heterocycles. The Morgan fingerprint density at radius 1 is 0.526 bits per heavy atom. The highest BCUT2D eigenvalue weighted by Gasteiger charge is 2.27. The van der Waals surface area contributed by atoms with E-state index < -0.39 is 51.8 Å². The number of phosphoric ester groups is 1. The molecule has 0 saturated heterocycles. The largest absolute Gasteiger partial charge is 0.472 e. The lowest BCUT2D eigenvalue weighted by molar-refractivity contribution is -0.161. The van der Waals surface area contributed by atoms with Gasteiger partial charge in [-0.25, -0.2) is 4.57 Å². The van der Waals surface area contributed by atoms with Gasteiger partial charge < -0.3 is 24.6 Å². The van der Waals surface area contributed by atoms with Crippen LogP contribution in [0.3, 0.4) is 0 Å². The van der Waals surface area contributed by atoms with Crippen LogP contribution in [-0.2, 0) is 32.7 Å². The average Bonchev–Trinajstić information content (AvgIpc) is 3.20. The van der Waals surface area contributed by atoms with E-state index in [-0.39, 0.29) is 19.4 Å². The van der Waals surface area contributed by atoms with Gasteiger partial charge >= 0.3 is 19.8 Å². The van der Waals surface area contributed by atoms with Crippen LogP contribution in [0.1, 0.15) is 219 Å². The monoisotopic (exact) mass is 831 g/mol. The van der Waals surface area contributed by atoms with Crippen LogP contribution in [0, 0.1) is 0 Å². The molecule has 3 unspecified atom stereocenters. The minimum absolute atomic E-state index is 0.178. The van der Waals surface area contributed by atoms with Crippen LogP contribution in [0.4, 0.5) is 0 Å². The van der Waals surface area contributed by atoms with Gasteiger partial charge in [0.1, 0.15) is 12.7 Å². The Labute approximate surface area is 348 Å². The molecule has 0 fully saturated rings. The molecule has 0 bridgehead atoms. The Bertz CT molecular complexity index is 1000. The quantitative estimate of drug-likeness (QED) is 0.0234. The molecule has 0 radical (unpaired) electrons. The van der Waals surface area contributed by atoms with E-state index in [2.05, 4.69) is 38.2 Å². The molecule has 57 heavy (non-hydrogen) atoms. The highest BCUT2D eigenvalue weighted by Crippen LogP contribution is 2.43. The molecule has 0 aromatic carbocycles. The number of carbonyl (C=O) groups is 2. The second-order valence-electron chi connectivity index (χ2n) is 15.8. The molecule has 0 saturated carbocycles. The predicted molar refractivity (Wildman–Crippen MR) is 233 cm³/mol. The summed E-state index contributed by atoms with van der Waals surface area (Å²) in [7, 11) is -4.62. The summed E-state index contributed by atoms with van der Waals surface area (Å²) >= 11 is 0. The molecule has 0 aliphatic heterocycles. The normalized spacial score (nSPS) is 14.0. The van der Waals surface area contributed by atoms with Crippen molar-refractivity contribution >= 4 is 19.8 Å². The zero-order valence-corrected chi connectivity index (χ0v) is 37.5. The second kappa shape index (κ2) is 42.6. The predicted octanol–water partition coefficient (Wildman–Crippen LogP) is 12.6. The van der Waals surface area contributed by atoms with E-state index in [0.29, 0.717) is 12.8 Å². The van der Waals surface area contributed by atoms with E-state index in [1.807, 2.05) is 0 Å². The molecule has 11 heteroatoms. The van der Waals surface area contributed by atoms with Crippen LogP contribution in [0.15, 0.2) is 24.3 Å². The molecule has 336 valence electrons. The zero-order chi connectivity index (χ0) is 41.9. The van der Waals surface area contributed by atoms with Gasteiger partial charge in [0.05, 0.1) is 19.8 Å². The third-order valence-electron chi connectivity index (χ3n) is 10.1. The van der Waals surface area contributed by atoms with Gasteiger partial charge in [-0.05, 0) is 44.9 Å². The smallest absolute Gasteiger partial charge is 0.462 e. The Kier molecular flexibility index (Phi) is 41.4.